The van der Waals surface area contributed by atoms with Crippen molar-refractivity contribution in [1.82, 2.24) is 0 Å². The first-order chi connectivity index (χ1) is 6.14. The molecule has 1 saturated carbocycles. The van der Waals surface area contributed by atoms with Crippen LogP contribution in [0.4, 0.5) is 8.78 Å². The van der Waals surface area contributed by atoms with Crippen molar-refractivity contribution in [3.05, 3.63) is 0 Å². The third kappa shape index (κ3) is 4.03. The Balaban J connectivity index is 2.28. The van der Waals surface area contributed by atoms with Gasteiger partial charge in [-0.05, 0) is 5.92 Å². The maximum absolute atomic E-state index is 13.0. The standard InChI is InChI=1S/C10H18F2O/c11-10(12,6-7-13)8-9-4-2-1-3-5-9/h9,13H,1-8H2. The van der Waals surface area contributed by atoms with Gasteiger partial charge in [-0.1, -0.05) is 32.1 Å². The van der Waals surface area contributed by atoms with E-state index >= 15 is 0 Å². The molecule has 1 N–H and O–H groups in total. The van der Waals surface area contributed by atoms with Crippen LogP contribution in [0.1, 0.15) is 44.9 Å². The number of halogens is 2. The third-order valence-electron chi connectivity index (χ3n) is 2.79. The molecule has 1 aliphatic rings. The van der Waals surface area contributed by atoms with E-state index in [1.54, 1.807) is 0 Å². The van der Waals surface area contributed by atoms with Crippen LogP contribution in [0, 0.1) is 5.92 Å². The molecule has 0 spiro atoms. The van der Waals surface area contributed by atoms with E-state index in [9.17, 15) is 8.78 Å². The molecule has 0 amide bonds. The van der Waals surface area contributed by atoms with Crippen molar-refractivity contribution in [2.75, 3.05) is 6.61 Å². The van der Waals surface area contributed by atoms with Gasteiger partial charge in [0.1, 0.15) is 0 Å². The molecule has 1 rings (SSSR count). The quantitative estimate of drug-likeness (QED) is 0.726. The lowest BCUT2D eigenvalue weighted by atomic mass is 9.84. The Hall–Kier alpha value is -0.180. The van der Waals surface area contributed by atoms with Crippen molar-refractivity contribution >= 4 is 0 Å². The largest absolute Gasteiger partial charge is 0.396 e. The monoisotopic (exact) mass is 192 g/mol. The Morgan fingerprint density at radius 2 is 1.77 bits per heavy atom. The summed E-state index contributed by atoms with van der Waals surface area (Å²) in [5.74, 6) is -2.45. The summed E-state index contributed by atoms with van der Waals surface area (Å²) >= 11 is 0. The molecule has 1 fully saturated rings. The highest BCUT2D eigenvalue weighted by atomic mass is 19.3. The van der Waals surface area contributed by atoms with Gasteiger partial charge in [-0.15, -0.1) is 0 Å². The van der Waals surface area contributed by atoms with Crippen molar-refractivity contribution in [2.45, 2.75) is 50.9 Å². The van der Waals surface area contributed by atoms with Crippen LogP contribution < -0.4 is 0 Å². The lowest BCUT2D eigenvalue weighted by Gasteiger charge is -2.25. The number of aliphatic hydroxyl groups is 1. The smallest absolute Gasteiger partial charge is 0.250 e. The van der Waals surface area contributed by atoms with Crippen LogP contribution in [0.5, 0.6) is 0 Å². The van der Waals surface area contributed by atoms with Crippen LogP contribution in [0.3, 0.4) is 0 Å². The molecular formula is C10H18F2O. The van der Waals surface area contributed by atoms with Crippen LogP contribution in [-0.2, 0) is 0 Å². The minimum Gasteiger partial charge on any atom is -0.396 e. The summed E-state index contributed by atoms with van der Waals surface area (Å²) in [6.07, 6.45) is 4.89. The number of aliphatic hydroxyl groups excluding tert-OH is 1. The molecule has 0 radical (unpaired) electrons. The van der Waals surface area contributed by atoms with Gasteiger partial charge in [0.2, 0.25) is 0 Å². The first kappa shape index (κ1) is 10.9. The topological polar surface area (TPSA) is 20.2 Å². The molecular weight excluding hydrogens is 174 g/mol. The summed E-state index contributed by atoms with van der Waals surface area (Å²) < 4.78 is 26.1. The van der Waals surface area contributed by atoms with Gasteiger partial charge in [0.15, 0.2) is 0 Å². The molecule has 1 nitrogen and oxygen atoms in total. The summed E-state index contributed by atoms with van der Waals surface area (Å²) in [6, 6.07) is 0. The van der Waals surface area contributed by atoms with E-state index in [4.69, 9.17) is 5.11 Å². The number of hydrogen-bond donors (Lipinski definition) is 1. The zero-order chi connectivity index (χ0) is 9.73. The minimum atomic E-state index is -2.64. The van der Waals surface area contributed by atoms with E-state index in [0.29, 0.717) is 0 Å². The second-order valence-electron chi connectivity index (χ2n) is 4.04. The van der Waals surface area contributed by atoms with Crippen LogP contribution >= 0.6 is 0 Å². The van der Waals surface area contributed by atoms with Gasteiger partial charge < -0.3 is 5.11 Å². The Morgan fingerprint density at radius 1 is 1.15 bits per heavy atom. The normalized spacial score (nSPS) is 20.5. The van der Waals surface area contributed by atoms with E-state index < -0.39 is 12.5 Å². The highest BCUT2D eigenvalue weighted by Gasteiger charge is 2.32. The van der Waals surface area contributed by atoms with Crippen molar-refractivity contribution in [1.29, 1.82) is 0 Å². The maximum Gasteiger partial charge on any atom is 0.250 e. The maximum atomic E-state index is 13.0. The summed E-state index contributed by atoms with van der Waals surface area (Å²) in [5.41, 5.74) is 0. The molecule has 0 bridgehead atoms. The first-order valence-electron chi connectivity index (χ1n) is 5.13. The van der Waals surface area contributed by atoms with Crippen LogP contribution in [0.15, 0.2) is 0 Å². The molecule has 0 unspecified atom stereocenters. The Morgan fingerprint density at radius 3 is 2.31 bits per heavy atom. The van der Waals surface area contributed by atoms with Crippen molar-refractivity contribution < 1.29 is 13.9 Å². The fourth-order valence-corrected chi connectivity index (χ4v) is 2.08. The number of alkyl halides is 2. The van der Waals surface area contributed by atoms with E-state index in [2.05, 4.69) is 0 Å². The summed E-state index contributed by atoms with van der Waals surface area (Å²) in [5, 5.41) is 8.45. The molecule has 0 heterocycles. The number of rotatable bonds is 4. The van der Waals surface area contributed by atoms with Gasteiger partial charge in [-0.2, -0.15) is 0 Å². The van der Waals surface area contributed by atoms with Gasteiger partial charge in [-0.25, -0.2) is 8.78 Å². The predicted molar refractivity (Wildman–Crippen MR) is 47.8 cm³/mol. The van der Waals surface area contributed by atoms with Crippen molar-refractivity contribution in [3.63, 3.8) is 0 Å². The van der Waals surface area contributed by atoms with Gasteiger partial charge in [0.05, 0.1) is 0 Å². The first-order valence-corrected chi connectivity index (χ1v) is 5.13. The molecule has 0 aromatic carbocycles. The molecule has 1 aliphatic carbocycles. The summed E-state index contributed by atoms with van der Waals surface area (Å²) in [6.45, 7) is -0.403. The molecule has 0 aliphatic heterocycles. The molecule has 78 valence electrons. The second-order valence-corrected chi connectivity index (χ2v) is 4.04. The van der Waals surface area contributed by atoms with Crippen LogP contribution in [-0.4, -0.2) is 17.6 Å². The van der Waals surface area contributed by atoms with E-state index in [0.717, 1.165) is 25.7 Å². The minimum absolute atomic E-state index is 0.0203. The zero-order valence-electron chi connectivity index (χ0n) is 7.94. The Kier molecular flexibility index (Phi) is 4.10. The van der Waals surface area contributed by atoms with Crippen molar-refractivity contribution in [3.8, 4) is 0 Å². The molecule has 3 heteroatoms. The SMILES string of the molecule is OCCC(F)(F)CC1CCCCC1. The molecule has 0 aromatic heterocycles. The van der Waals surface area contributed by atoms with E-state index in [-0.39, 0.29) is 18.8 Å². The molecule has 0 aromatic rings. The van der Waals surface area contributed by atoms with Crippen LogP contribution in [0.2, 0.25) is 0 Å². The highest BCUT2D eigenvalue weighted by Crippen LogP contribution is 2.34. The average Bonchev–Trinajstić information content (AvgIpc) is 2.04. The Bertz CT molecular complexity index is 142. The van der Waals surface area contributed by atoms with Gasteiger partial charge in [0, 0.05) is 19.4 Å². The zero-order valence-corrected chi connectivity index (χ0v) is 7.94. The van der Waals surface area contributed by atoms with Crippen LogP contribution in [0.25, 0.3) is 0 Å². The van der Waals surface area contributed by atoms with E-state index in [1.807, 2.05) is 0 Å². The lowest BCUT2D eigenvalue weighted by molar-refractivity contribution is -0.0459. The fourth-order valence-electron chi connectivity index (χ4n) is 2.08. The van der Waals surface area contributed by atoms with Crippen molar-refractivity contribution in [2.24, 2.45) is 5.92 Å². The molecule has 0 saturated heterocycles. The second kappa shape index (κ2) is 4.89. The molecule has 13 heavy (non-hydrogen) atoms. The fraction of sp³-hybridized carbons (Fsp3) is 1.00. The van der Waals surface area contributed by atoms with Gasteiger partial charge >= 0.3 is 0 Å². The Labute approximate surface area is 78.1 Å². The van der Waals surface area contributed by atoms with E-state index in [1.165, 1.54) is 6.42 Å². The lowest BCUT2D eigenvalue weighted by Crippen LogP contribution is -2.23. The summed E-state index contributed by atoms with van der Waals surface area (Å²) in [7, 11) is 0. The third-order valence-corrected chi connectivity index (χ3v) is 2.79. The highest BCUT2D eigenvalue weighted by molar-refractivity contribution is 4.74. The van der Waals surface area contributed by atoms with Gasteiger partial charge in [-0.3, -0.25) is 0 Å². The average molecular weight is 192 g/mol. The summed E-state index contributed by atoms with van der Waals surface area (Å²) in [4.78, 5) is 0. The number of hydrogen-bond acceptors (Lipinski definition) is 1. The van der Waals surface area contributed by atoms with Gasteiger partial charge in [0.25, 0.3) is 5.92 Å². The predicted octanol–water partition coefficient (Wildman–Crippen LogP) is 2.97. The molecule has 0 atom stereocenters.